The molecule has 0 saturated heterocycles. The highest BCUT2D eigenvalue weighted by molar-refractivity contribution is 5.68. The number of aromatic hydroxyl groups is 1. The Morgan fingerprint density at radius 2 is 1.71 bits per heavy atom. The van der Waals surface area contributed by atoms with Crippen LogP contribution in [0.25, 0.3) is 0 Å². The van der Waals surface area contributed by atoms with Gasteiger partial charge >= 0.3 is 0 Å². The zero-order valence-electron chi connectivity index (χ0n) is 13.8. The van der Waals surface area contributed by atoms with Crippen LogP contribution in [-0.2, 0) is 5.41 Å². The molecule has 128 valence electrons. The SMILES string of the molecule is COc1cc2c(c(OC)c1OC)[C@@](CO)(c1ccc(O)cc1)CO2. The van der Waals surface area contributed by atoms with Gasteiger partial charge in [0.1, 0.15) is 18.1 Å². The minimum absolute atomic E-state index is 0.158. The van der Waals surface area contributed by atoms with Crippen molar-refractivity contribution in [3.05, 3.63) is 41.5 Å². The van der Waals surface area contributed by atoms with Crippen molar-refractivity contribution < 1.29 is 29.2 Å². The first kappa shape index (κ1) is 16.3. The number of fused-ring (bicyclic) bond motifs is 1. The maximum Gasteiger partial charge on any atom is 0.203 e. The molecule has 0 spiro atoms. The summed E-state index contributed by atoms with van der Waals surface area (Å²) >= 11 is 0. The molecule has 0 amide bonds. The molecule has 2 N–H and O–H groups in total. The lowest BCUT2D eigenvalue weighted by Gasteiger charge is -2.28. The van der Waals surface area contributed by atoms with Crippen LogP contribution in [-0.4, -0.2) is 44.8 Å². The second-order valence-corrected chi connectivity index (χ2v) is 5.59. The maximum atomic E-state index is 10.2. The maximum absolute atomic E-state index is 10.2. The summed E-state index contributed by atoms with van der Waals surface area (Å²) in [7, 11) is 4.61. The van der Waals surface area contributed by atoms with Crippen molar-refractivity contribution in [3.63, 3.8) is 0 Å². The summed E-state index contributed by atoms with van der Waals surface area (Å²) in [6.07, 6.45) is 0. The van der Waals surface area contributed by atoms with Gasteiger partial charge in [-0.15, -0.1) is 0 Å². The molecule has 6 nitrogen and oxygen atoms in total. The van der Waals surface area contributed by atoms with E-state index in [2.05, 4.69) is 0 Å². The number of hydrogen-bond acceptors (Lipinski definition) is 6. The van der Waals surface area contributed by atoms with Crippen molar-refractivity contribution in [2.24, 2.45) is 0 Å². The van der Waals surface area contributed by atoms with Gasteiger partial charge < -0.3 is 29.2 Å². The molecule has 1 aliphatic heterocycles. The number of aliphatic hydroxyl groups excluding tert-OH is 1. The molecule has 0 bridgehead atoms. The summed E-state index contributed by atoms with van der Waals surface area (Å²) in [5, 5.41) is 19.8. The number of ether oxygens (including phenoxy) is 4. The molecular formula is C18H20O6. The van der Waals surface area contributed by atoms with Gasteiger partial charge in [-0.2, -0.15) is 0 Å². The van der Waals surface area contributed by atoms with Gasteiger partial charge in [0.2, 0.25) is 5.75 Å². The number of rotatable bonds is 5. The predicted octanol–water partition coefficient (Wildman–Crippen LogP) is 2.09. The third-order valence-electron chi connectivity index (χ3n) is 4.44. The number of benzene rings is 2. The first-order chi connectivity index (χ1) is 11.6. The monoisotopic (exact) mass is 332 g/mol. The number of methoxy groups -OCH3 is 3. The van der Waals surface area contributed by atoms with Crippen LogP contribution in [0, 0.1) is 0 Å². The topological polar surface area (TPSA) is 77.4 Å². The fourth-order valence-electron chi connectivity index (χ4n) is 3.20. The van der Waals surface area contributed by atoms with Crippen LogP contribution < -0.4 is 18.9 Å². The summed E-state index contributed by atoms with van der Waals surface area (Å²) in [6.45, 7) is 0.0624. The molecule has 6 heteroatoms. The van der Waals surface area contributed by atoms with Crippen LogP contribution >= 0.6 is 0 Å². The van der Waals surface area contributed by atoms with Crippen LogP contribution in [0.3, 0.4) is 0 Å². The standard InChI is InChI=1S/C18H20O6/c1-21-14-8-13-15(17(23-3)16(14)22-2)18(9-19,10-24-13)11-4-6-12(20)7-5-11/h4-8,19-20H,9-10H2,1-3H3/t18-/m1/s1. The van der Waals surface area contributed by atoms with E-state index in [4.69, 9.17) is 18.9 Å². The van der Waals surface area contributed by atoms with Crippen molar-refractivity contribution >= 4 is 0 Å². The molecule has 0 aliphatic carbocycles. The molecule has 0 fully saturated rings. The van der Waals surface area contributed by atoms with E-state index in [1.807, 2.05) is 0 Å². The third-order valence-corrected chi connectivity index (χ3v) is 4.44. The highest BCUT2D eigenvalue weighted by Gasteiger charge is 2.46. The molecule has 0 aromatic heterocycles. The lowest BCUT2D eigenvalue weighted by atomic mass is 9.76. The minimum atomic E-state index is -0.812. The Bertz CT molecular complexity index is 740. The minimum Gasteiger partial charge on any atom is -0.508 e. The van der Waals surface area contributed by atoms with Crippen molar-refractivity contribution in [1.29, 1.82) is 0 Å². The fourth-order valence-corrected chi connectivity index (χ4v) is 3.20. The Morgan fingerprint density at radius 1 is 1.04 bits per heavy atom. The summed E-state index contributed by atoms with van der Waals surface area (Å²) in [5.74, 6) is 2.14. The van der Waals surface area contributed by atoms with E-state index in [-0.39, 0.29) is 19.0 Å². The van der Waals surface area contributed by atoms with Crippen LogP contribution in [0.1, 0.15) is 11.1 Å². The molecule has 3 rings (SSSR count). The van der Waals surface area contributed by atoms with Crippen LogP contribution in [0.4, 0.5) is 0 Å². The molecule has 0 unspecified atom stereocenters. The van der Waals surface area contributed by atoms with Crippen LogP contribution in [0.15, 0.2) is 30.3 Å². The van der Waals surface area contributed by atoms with Crippen molar-refractivity contribution in [2.45, 2.75) is 5.41 Å². The Hall–Kier alpha value is -2.60. The van der Waals surface area contributed by atoms with Gasteiger partial charge in [-0.3, -0.25) is 0 Å². The average Bonchev–Trinajstić information content (AvgIpc) is 3.00. The molecule has 1 atom stereocenters. The van der Waals surface area contributed by atoms with E-state index in [9.17, 15) is 10.2 Å². The highest BCUT2D eigenvalue weighted by atomic mass is 16.5. The van der Waals surface area contributed by atoms with Crippen LogP contribution in [0.2, 0.25) is 0 Å². The van der Waals surface area contributed by atoms with Gasteiger partial charge in [0, 0.05) is 6.07 Å². The molecule has 2 aromatic rings. The van der Waals surface area contributed by atoms with Gasteiger partial charge in [0.15, 0.2) is 11.5 Å². The lowest BCUT2D eigenvalue weighted by Crippen LogP contribution is -2.34. The Balaban J connectivity index is 2.28. The molecule has 1 heterocycles. The van der Waals surface area contributed by atoms with Gasteiger partial charge in [0.05, 0.1) is 38.9 Å². The van der Waals surface area contributed by atoms with Gasteiger partial charge in [-0.05, 0) is 17.7 Å². The molecular weight excluding hydrogens is 312 g/mol. The van der Waals surface area contributed by atoms with E-state index < -0.39 is 5.41 Å². The Morgan fingerprint density at radius 3 is 2.25 bits per heavy atom. The zero-order chi connectivity index (χ0) is 17.3. The summed E-state index contributed by atoms with van der Waals surface area (Å²) in [6, 6.07) is 8.42. The smallest absolute Gasteiger partial charge is 0.203 e. The van der Waals surface area contributed by atoms with Crippen molar-refractivity contribution in [2.75, 3.05) is 34.5 Å². The second kappa shape index (κ2) is 6.13. The first-order valence-electron chi connectivity index (χ1n) is 7.48. The zero-order valence-corrected chi connectivity index (χ0v) is 13.8. The summed E-state index contributed by atoms with van der Waals surface area (Å²) in [5.41, 5.74) is 0.705. The van der Waals surface area contributed by atoms with E-state index in [0.29, 0.717) is 28.6 Å². The van der Waals surface area contributed by atoms with E-state index >= 15 is 0 Å². The molecule has 24 heavy (non-hydrogen) atoms. The van der Waals surface area contributed by atoms with Gasteiger partial charge in [-0.1, -0.05) is 12.1 Å². The molecule has 1 aliphatic rings. The van der Waals surface area contributed by atoms with Crippen LogP contribution in [0.5, 0.6) is 28.7 Å². The largest absolute Gasteiger partial charge is 0.508 e. The van der Waals surface area contributed by atoms with E-state index in [1.165, 1.54) is 21.3 Å². The van der Waals surface area contributed by atoms with Crippen molar-refractivity contribution in [1.82, 2.24) is 0 Å². The normalized spacial score (nSPS) is 18.7. The summed E-state index contributed by atoms with van der Waals surface area (Å²) < 4.78 is 22.2. The fraction of sp³-hybridized carbons (Fsp3) is 0.333. The van der Waals surface area contributed by atoms with E-state index in [0.717, 1.165) is 5.56 Å². The average molecular weight is 332 g/mol. The highest BCUT2D eigenvalue weighted by Crippen LogP contribution is 2.54. The molecule has 0 saturated carbocycles. The third kappa shape index (κ3) is 2.22. The van der Waals surface area contributed by atoms with Gasteiger partial charge in [-0.25, -0.2) is 0 Å². The molecule has 2 aromatic carbocycles. The van der Waals surface area contributed by atoms with Gasteiger partial charge in [0.25, 0.3) is 0 Å². The quantitative estimate of drug-likeness (QED) is 0.873. The second-order valence-electron chi connectivity index (χ2n) is 5.59. The number of phenols is 1. The predicted molar refractivity (Wildman–Crippen MR) is 87.6 cm³/mol. The number of aliphatic hydroxyl groups is 1. The Labute approximate surface area is 140 Å². The number of phenolic OH excluding ortho intramolecular Hbond substituents is 1. The van der Waals surface area contributed by atoms with Crippen molar-refractivity contribution in [3.8, 4) is 28.7 Å². The number of hydrogen-bond donors (Lipinski definition) is 2. The molecule has 0 radical (unpaired) electrons. The lowest BCUT2D eigenvalue weighted by molar-refractivity contribution is 0.183. The first-order valence-corrected chi connectivity index (χ1v) is 7.48. The van der Waals surface area contributed by atoms with E-state index in [1.54, 1.807) is 30.3 Å². The summed E-state index contributed by atoms with van der Waals surface area (Å²) in [4.78, 5) is 0. The Kier molecular flexibility index (Phi) is 4.15.